The lowest BCUT2D eigenvalue weighted by Crippen LogP contribution is -2.35. The van der Waals surface area contributed by atoms with Gasteiger partial charge < -0.3 is 19.3 Å². The van der Waals surface area contributed by atoms with E-state index in [9.17, 15) is 22.8 Å². The first kappa shape index (κ1) is 22.9. The van der Waals surface area contributed by atoms with E-state index in [2.05, 4.69) is 4.98 Å². The number of carbonyl (C=O) groups excluding carboxylic acids is 2. The molecule has 2 aliphatic heterocycles. The molecule has 2 aromatic rings. The van der Waals surface area contributed by atoms with Gasteiger partial charge in [-0.1, -0.05) is 0 Å². The minimum absolute atomic E-state index is 0.0825. The number of hydrogen-bond acceptors (Lipinski definition) is 6. The second-order valence-corrected chi connectivity index (χ2v) is 7.91. The van der Waals surface area contributed by atoms with Gasteiger partial charge in [-0.2, -0.15) is 13.2 Å². The molecular formula is C23H24F3N3O4. The van der Waals surface area contributed by atoms with Gasteiger partial charge in [-0.15, -0.1) is 0 Å². The number of fused-ring (bicyclic) bond motifs is 1. The Kier molecular flexibility index (Phi) is 6.71. The zero-order valence-corrected chi connectivity index (χ0v) is 17.9. The Morgan fingerprint density at radius 3 is 2.45 bits per heavy atom. The molecule has 33 heavy (non-hydrogen) atoms. The fraction of sp³-hybridized carbons (Fsp3) is 0.435. The molecule has 0 spiro atoms. The number of rotatable bonds is 5. The van der Waals surface area contributed by atoms with E-state index in [0.29, 0.717) is 68.7 Å². The van der Waals surface area contributed by atoms with Gasteiger partial charge >= 0.3 is 6.18 Å². The smallest absolute Gasteiger partial charge is 0.417 e. The summed E-state index contributed by atoms with van der Waals surface area (Å²) in [6.07, 6.45) is -2.77. The van der Waals surface area contributed by atoms with Gasteiger partial charge in [0.25, 0.3) is 0 Å². The van der Waals surface area contributed by atoms with Crippen LogP contribution in [0.3, 0.4) is 0 Å². The van der Waals surface area contributed by atoms with Crippen molar-refractivity contribution in [3.8, 4) is 11.5 Å². The number of alkyl halides is 3. The minimum atomic E-state index is -4.43. The molecule has 1 fully saturated rings. The second kappa shape index (κ2) is 9.68. The van der Waals surface area contributed by atoms with Gasteiger partial charge in [0.05, 0.1) is 5.56 Å². The Bertz CT molecular complexity index is 1010. The Hall–Kier alpha value is -3.30. The molecule has 1 saturated heterocycles. The van der Waals surface area contributed by atoms with Crippen LogP contribution in [0.2, 0.25) is 0 Å². The topological polar surface area (TPSA) is 72.0 Å². The van der Waals surface area contributed by atoms with E-state index >= 15 is 0 Å². The molecule has 3 heterocycles. The lowest BCUT2D eigenvalue weighted by molar-refractivity contribution is -0.137. The number of ketones is 1. The third-order valence-corrected chi connectivity index (χ3v) is 5.68. The number of benzene rings is 1. The fourth-order valence-corrected chi connectivity index (χ4v) is 3.88. The van der Waals surface area contributed by atoms with Gasteiger partial charge in [0.1, 0.15) is 19.0 Å². The van der Waals surface area contributed by atoms with Gasteiger partial charge in [0.15, 0.2) is 17.3 Å². The number of hydrogen-bond donors (Lipinski definition) is 0. The van der Waals surface area contributed by atoms with E-state index in [1.165, 1.54) is 6.07 Å². The highest BCUT2D eigenvalue weighted by molar-refractivity contribution is 5.98. The van der Waals surface area contributed by atoms with Crippen LogP contribution < -0.4 is 14.4 Å². The SMILES string of the molecule is O=C(CCC(=O)N1CCCN(c2ccc(C(F)(F)F)cn2)CC1)c1ccc2c(c1)OCCO2. The number of carbonyl (C=O) groups is 2. The largest absolute Gasteiger partial charge is 0.486 e. The highest BCUT2D eigenvalue weighted by Crippen LogP contribution is 2.31. The molecular weight excluding hydrogens is 439 g/mol. The van der Waals surface area contributed by atoms with Crippen LogP contribution in [0.5, 0.6) is 11.5 Å². The van der Waals surface area contributed by atoms with Gasteiger partial charge in [0, 0.05) is 50.8 Å². The van der Waals surface area contributed by atoms with Crippen molar-refractivity contribution < 1.29 is 32.2 Å². The van der Waals surface area contributed by atoms with E-state index < -0.39 is 11.7 Å². The Morgan fingerprint density at radius 2 is 1.73 bits per heavy atom. The van der Waals surface area contributed by atoms with Crippen LogP contribution >= 0.6 is 0 Å². The maximum Gasteiger partial charge on any atom is 0.417 e. The summed E-state index contributed by atoms with van der Waals surface area (Å²) >= 11 is 0. The second-order valence-electron chi connectivity index (χ2n) is 7.91. The molecule has 7 nitrogen and oxygen atoms in total. The number of ether oxygens (including phenoxy) is 2. The summed E-state index contributed by atoms with van der Waals surface area (Å²) in [6.45, 7) is 2.88. The first-order chi connectivity index (χ1) is 15.8. The quantitative estimate of drug-likeness (QED) is 0.632. The van der Waals surface area contributed by atoms with E-state index in [4.69, 9.17) is 9.47 Å². The highest BCUT2D eigenvalue weighted by atomic mass is 19.4. The van der Waals surface area contributed by atoms with Crippen molar-refractivity contribution in [3.63, 3.8) is 0 Å². The fourth-order valence-electron chi connectivity index (χ4n) is 3.88. The van der Waals surface area contributed by atoms with Gasteiger partial charge in [0.2, 0.25) is 5.91 Å². The average Bonchev–Trinajstić information content (AvgIpc) is 3.08. The number of anilines is 1. The van der Waals surface area contributed by atoms with Crippen molar-refractivity contribution in [3.05, 3.63) is 47.7 Å². The van der Waals surface area contributed by atoms with Crippen LogP contribution in [-0.2, 0) is 11.0 Å². The molecule has 0 atom stereocenters. The molecule has 0 radical (unpaired) electrons. The molecule has 0 aliphatic carbocycles. The van der Waals surface area contributed by atoms with Crippen molar-refractivity contribution in [2.24, 2.45) is 0 Å². The van der Waals surface area contributed by atoms with E-state index in [1.807, 2.05) is 4.90 Å². The lowest BCUT2D eigenvalue weighted by Gasteiger charge is -2.23. The molecule has 176 valence electrons. The summed E-state index contributed by atoms with van der Waals surface area (Å²) in [5, 5.41) is 0. The summed E-state index contributed by atoms with van der Waals surface area (Å²) in [4.78, 5) is 32.8. The molecule has 2 aliphatic rings. The van der Waals surface area contributed by atoms with Crippen LogP contribution in [0.1, 0.15) is 35.2 Å². The first-order valence-electron chi connectivity index (χ1n) is 10.8. The summed E-state index contributed by atoms with van der Waals surface area (Å²) in [7, 11) is 0. The molecule has 0 unspecified atom stereocenters. The number of amides is 1. The van der Waals surface area contributed by atoms with Crippen molar-refractivity contribution in [1.82, 2.24) is 9.88 Å². The summed E-state index contributed by atoms with van der Waals surface area (Å²) in [5.74, 6) is 1.31. The number of halogens is 3. The molecule has 0 bridgehead atoms. The van der Waals surface area contributed by atoms with Crippen LogP contribution in [0, 0.1) is 0 Å². The maximum absolute atomic E-state index is 12.7. The highest BCUT2D eigenvalue weighted by Gasteiger charge is 2.31. The third kappa shape index (κ3) is 5.55. The summed E-state index contributed by atoms with van der Waals surface area (Å²) < 4.78 is 49.2. The number of nitrogens with zero attached hydrogens (tertiary/aromatic N) is 3. The van der Waals surface area contributed by atoms with Crippen LogP contribution in [0.15, 0.2) is 36.5 Å². The number of aromatic nitrogens is 1. The molecule has 10 heteroatoms. The molecule has 4 rings (SSSR count). The van der Waals surface area contributed by atoms with Crippen molar-refractivity contribution in [2.45, 2.75) is 25.4 Å². The van der Waals surface area contributed by atoms with Gasteiger partial charge in [-0.05, 0) is 36.8 Å². The van der Waals surface area contributed by atoms with E-state index in [0.717, 1.165) is 12.3 Å². The zero-order valence-electron chi connectivity index (χ0n) is 17.9. The third-order valence-electron chi connectivity index (χ3n) is 5.68. The summed E-state index contributed by atoms with van der Waals surface area (Å²) in [6, 6.07) is 7.37. The van der Waals surface area contributed by atoms with Crippen LogP contribution in [0.4, 0.5) is 19.0 Å². The predicted octanol–water partition coefficient (Wildman–Crippen LogP) is 3.57. The summed E-state index contributed by atoms with van der Waals surface area (Å²) in [5.41, 5.74) is -0.317. The lowest BCUT2D eigenvalue weighted by atomic mass is 10.1. The van der Waals surface area contributed by atoms with Gasteiger partial charge in [-0.3, -0.25) is 9.59 Å². The Labute approximate surface area is 189 Å². The maximum atomic E-state index is 12.7. The average molecular weight is 463 g/mol. The normalized spacial score (nSPS) is 16.3. The van der Waals surface area contributed by atoms with Crippen molar-refractivity contribution >= 4 is 17.5 Å². The molecule has 0 N–H and O–H groups in total. The first-order valence-corrected chi connectivity index (χ1v) is 10.8. The molecule has 1 aromatic heterocycles. The van der Waals surface area contributed by atoms with E-state index in [1.54, 1.807) is 23.1 Å². The Morgan fingerprint density at radius 1 is 0.939 bits per heavy atom. The van der Waals surface area contributed by atoms with E-state index in [-0.39, 0.29) is 24.5 Å². The standard InChI is InChI=1S/C23H24F3N3O4/c24-23(25,26)17-3-6-21(27-15-17)28-8-1-9-29(11-10-28)22(31)7-4-18(30)16-2-5-19-20(14-16)33-13-12-32-19/h2-3,5-6,14-15H,1,4,7-13H2. The van der Waals surface area contributed by atoms with Crippen molar-refractivity contribution in [2.75, 3.05) is 44.3 Å². The molecule has 0 saturated carbocycles. The zero-order chi connectivity index (χ0) is 23.4. The Balaban J connectivity index is 1.29. The van der Waals surface area contributed by atoms with Crippen molar-refractivity contribution in [1.29, 1.82) is 0 Å². The molecule has 1 aromatic carbocycles. The van der Waals surface area contributed by atoms with Gasteiger partial charge in [-0.25, -0.2) is 4.98 Å². The van der Waals surface area contributed by atoms with Crippen LogP contribution in [-0.4, -0.2) is 61.0 Å². The molecule has 1 amide bonds. The minimum Gasteiger partial charge on any atom is -0.486 e. The number of pyridine rings is 1. The predicted molar refractivity (Wildman–Crippen MR) is 114 cm³/mol. The number of Topliss-reactive ketones (excluding diaryl/α,β-unsaturated/α-hetero) is 1. The van der Waals surface area contributed by atoms with Crippen LogP contribution in [0.25, 0.3) is 0 Å². The monoisotopic (exact) mass is 463 g/mol.